The fourth-order valence-electron chi connectivity index (χ4n) is 3.26. The average molecular weight is 274 g/mol. The Morgan fingerprint density at radius 1 is 1.25 bits per heavy atom. The SMILES string of the molecule is CC(C)(C)N1CCC(N2C(=O)Cc3nnccc32)CC1. The number of likely N-dealkylation sites (tertiary alicyclic amines) is 1. The number of hydrogen-bond donors (Lipinski definition) is 0. The van der Waals surface area contributed by atoms with Crippen molar-refractivity contribution in [2.45, 2.75) is 51.6 Å². The van der Waals surface area contributed by atoms with Crippen molar-refractivity contribution in [3.8, 4) is 0 Å². The van der Waals surface area contributed by atoms with Crippen molar-refractivity contribution in [3.63, 3.8) is 0 Å². The summed E-state index contributed by atoms with van der Waals surface area (Å²) in [5.74, 6) is 0.176. The van der Waals surface area contributed by atoms with Gasteiger partial charge in [-0.2, -0.15) is 10.2 Å². The van der Waals surface area contributed by atoms with Gasteiger partial charge in [0.15, 0.2) is 0 Å². The van der Waals surface area contributed by atoms with Gasteiger partial charge in [0, 0.05) is 24.7 Å². The molecule has 5 heteroatoms. The van der Waals surface area contributed by atoms with E-state index >= 15 is 0 Å². The molecular formula is C15H22N4O. The summed E-state index contributed by atoms with van der Waals surface area (Å²) in [6.07, 6.45) is 4.15. The van der Waals surface area contributed by atoms with Crippen LogP contribution in [0, 0.1) is 0 Å². The Morgan fingerprint density at radius 3 is 2.60 bits per heavy atom. The van der Waals surface area contributed by atoms with Crippen LogP contribution in [0.25, 0.3) is 0 Å². The molecule has 2 aliphatic rings. The largest absolute Gasteiger partial charge is 0.307 e. The maximum absolute atomic E-state index is 12.3. The summed E-state index contributed by atoms with van der Waals surface area (Å²) in [5, 5.41) is 7.96. The molecule has 20 heavy (non-hydrogen) atoms. The van der Waals surface area contributed by atoms with Crippen molar-refractivity contribution in [2.75, 3.05) is 18.0 Å². The molecule has 1 fully saturated rings. The number of hydrogen-bond acceptors (Lipinski definition) is 4. The van der Waals surface area contributed by atoms with Crippen LogP contribution >= 0.6 is 0 Å². The van der Waals surface area contributed by atoms with E-state index in [0.29, 0.717) is 12.5 Å². The monoisotopic (exact) mass is 274 g/mol. The maximum atomic E-state index is 12.3. The van der Waals surface area contributed by atoms with Crippen LogP contribution in [0.4, 0.5) is 5.69 Å². The van der Waals surface area contributed by atoms with Gasteiger partial charge in [-0.05, 0) is 39.7 Å². The lowest BCUT2D eigenvalue weighted by atomic mass is 9.97. The number of fused-ring (bicyclic) bond motifs is 1. The summed E-state index contributed by atoms with van der Waals surface area (Å²) < 4.78 is 0. The van der Waals surface area contributed by atoms with Crippen molar-refractivity contribution in [1.29, 1.82) is 0 Å². The first-order valence-electron chi connectivity index (χ1n) is 7.34. The fourth-order valence-corrected chi connectivity index (χ4v) is 3.26. The van der Waals surface area contributed by atoms with E-state index < -0.39 is 0 Å². The highest BCUT2D eigenvalue weighted by atomic mass is 16.2. The number of anilines is 1. The molecule has 3 rings (SSSR count). The molecule has 1 aromatic rings. The lowest BCUT2D eigenvalue weighted by Crippen LogP contribution is -2.51. The normalized spacial score (nSPS) is 21.4. The van der Waals surface area contributed by atoms with Gasteiger partial charge in [0.05, 0.1) is 24.0 Å². The van der Waals surface area contributed by atoms with E-state index in [0.717, 1.165) is 37.3 Å². The average Bonchev–Trinajstić information content (AvgIpc) is 2.73. The van der Waals surface area contributed by atoms with Crippen LogP contribution in [0.5, 0.6) is 0 Å². The summed E-state index contributed by atoms with van der Waals surface area (Å²) in [6, 6.07) is 2.23. The third-order valence-corrected chi connectivity index (χ3v) is 4.40. The number of carbonyl (C=O) groups excluding carboxylic acids is 1. The van der Waals surface area contributed by atoms with Crippen molar-refractivity contribution < 1.29 is 4.79 Å². The third-order valence-electron chi connectivity index (χ3n) is 4.40. The molecule has 108 valence electrons. The second-order valence-corrected chi connectivity index (χ2v) is 6.69. The van der Waals surface area contributed by atoms with Crippen molar-refractivity contribution in [3.05, 3.63) is 18.0 Å². The zero-order valence-electron chi connectivity index (χ0n) is 12.5. The molecule has 5 nitrogen and oxygen atoms in total. The molecule has 0 aromatic carbocycles. The van der Waals surface area contributed by atoms with Crippen LogP contribution in [-0.2, 0) is 11.2 Å². The minimum atomic E-state index is 0.176. The molecule has 1 amide bonds. The molecule has 0 N–H and O–H groups in total. The summed E-state index contributed by atoms with van der Waals surface area (Å²) in [4.78, 5) is 16.7. The molecule has 1 aromatic heterocycles. The summed E-state index contributed by atoms with van der Waals surface area (Å²) in [6.45, 7) is 8.84. The molecule has 1 saturated heterocycles. The predicted octanol–water partition coefficient (Wildman–Crippen LogP) is 1.63. The second kappa shape index (κ2) is 4.81. The Hall–Kier alpha value is -1.49. The van der Waals surface area contributed by atoms with E-state index in [4.69, 9.17) is 0 Å². The minimum absolute atomic E-state index is 0.176. The van der Waals surface area contributed by atoms with E-state index in [-0.39, 0.29) is 11.4 Å². The summed E-state index contributed by atoms with van der Waals surface area (Å²) in [7, 11) is 0. The van der Waals surface area contributed by atoms with Gasteiger partial charge in [-0.1, -0.05) is 0 Å². The number of carbonyl (C=O) groups is 1. The molecule has 0 bridgehead atoms. The van der Waals surface area contributed by atoms with Gasteiger partial charge in [-0.15, -0.1) is 0 Å². The van der Waals surface area contributed by atoms with Gasteiger partial charge >= 0.3 is 0 Å². The van der Waals surface area contributed by atoms with Gasteiger partial charge < -0.3 is 4.90 Å². The molecule has 0 unspecified atom stereocenters. The van der Waals surface area contributed by atoms with Crippen molar-refractivity contribution >= 4 is 11.6 Å². The van der Waals surface area contributed by atoms with Crippen LogP contribution < -0.4 is 4.90 Å². The number of piperidine rings is 1. The molecule has 0 aliphatic carbocycles. The minimum Gasteiger partial charge on any atom is -0.307 e. The van der Waals surface area contributed by atoms with Crippen LogP contribution in [0.3, 0.4) is 0 Å². The quantitative estimate of drug-likeness (QED) is 0.781. The number of amides is 1. The Balaban J connectivity index is 1.74. The van der Waals surface area contributed by atoms with E-state index in [1.54, 1.807) is 6.20 Å². The molecule has 0 atom stereocenters. The molecular weight excluding hydrogens is 252 g/mol. The van der Waals surface area contributed by atoms with Gasteiger partial charge in [-0.3, -0.25) is 9.69 Å². The third kappa shape index (κ3) is 2.30. The maximum Gasteiger partial charge on any atom is 0.233 e. The second-order valence-electron chi connectivity index (χ2n) is 6.69. The summed E-state index contributed by atoms with van der Waals surface area (Å²) >= 11 is 0. The van der Waals surface area contributed by atoms with Crippen LogP contribution in [0.15, 0.2) is 12.3 Å². The van der Waals surface area contributed by atoms with E-state index in [1.807, 2.05) is 11.0 Å². The highest BCUT2D eigenvalue weighted by molar-refractivity contribution is 6.01. The molecule has 0 spiro atoms. The Bertz CT molecular complexity index is 515. The first-order chi connectivity index (χ1) is 9.47. The Labute approximate surface area is 120 Å². The van der Waals surface area contributed by atoms with Gasteiger partial charge in [0.1, 0.15) is 0 Å². The number of rotatable bonds is 1. The van der Waals surface area contributed by atoms with Gasteiger partial charge in [0.25, 0.3) is 0 Å². The van der Waals surface area contributed by atoms with E-state index in [1.165, 1.54) is 0 Å². The molecule has 0 radical (unpaired) electrons. The Kier molecular flexibility index (Phi) is 3.24. The smallest absolute Gasteiger partial charge is 0.233 e. The van der Waals surface area contributed by atoms with Crippen molar-refractivity contribution in [2.24, 2.45) is 0 Å². The fraction of sp³-hybridized carbons (Fsp3) is 0.667. The first kappa shape index (κ1) is 13.5. The summed E-state index contributed by atoms with van der Waals surface area (Å²) in [5.41, 5.74) is 2.01. The highest BCUT2D eigenvalue weighted by Crippen LogP contribution is 2.32. The topological polar surface area (TPSA) is 49.3 Å². The lowest BCUT2D eigenvalue weighted by molar-refractivity contribution is -0.118. The van der Waals surface area contributed by atoms with E-state index in [2.05, 4.69) is 35.9 Å². The van der Waals surface area contributed by atoms with Crippen LogP contribution in [-0.4, -0.2) is 45.7 Å². The Morgan fingerprint density at radius 2 is 1.95 bits per heavy atom. The highest BCUT2D eigenvalue weighted by Gasteiger charge is 2.37. The predicted molar refractivity (Wildman–Crippen MR) is 77.6 cm³/mol. The van der Waals surface area contributed by atoms with Crippen LogP contribution in [0.1, 0.15) is 39.3 Å². The van der Waals surface area contributed by atoms with Gasteiger partial charge in [-0.25, -0.2) is 0 Å². The standard InChI is InChI=1S/C15H22N4O/c1-15(2,3)18-8-5-11(6-9-18)19-13-4-7-16-17-12(13)10-14(19)20/h4,7,11H,5-6,8-10H2,1-3H3. The van der Waals surface area contributed by atoms with Gasteiger partial charge in [0.2, 0.25) is 5.91 Å². The number of aromatic nitrogens is 2. The lowest BCUT2D eigenvalue weighted by Gasteiger charge is -2.43. The molecule has 2 aliphatic heterocycles. The van der Waals surface area contributed by atoms with Crippen LogP contribution in [0.2, 0.25) is 0 Å². The zero-order valence-corrected chi connectivity index (χ0v) is 12.5. The van der Waals surface area contributed by atoms with E-state index in [9.17, 15) is 4.79 Å². The molecule has 3 heterocycles. The van der Waals surface area contributed by atoms with Crippen molar-refractivity contribution in [1.82, 2.24) is 15.1 Å². The molecule has 0 saturated carbocycles. The number of nitrogens with zero attached hydrogens (tertiary/aromatic N) is 4. The first-order valence-corrected chi connectivity index (χ1v) is 7.34. The zero-order chi connectivity index (χ0) is 14.3.